The van der Waals surface area contributed by atoms with Crippen molar-refractivity contribution in [1.29, 1.82) is 0 Å². The van der Waals surface area contributed by atoms with Gasteiger partial charge in [-0.25, -0.2) is 4.79 Å². The summed E-state index contributed by atoms with van der Waals surface area (Å²) >= 11 is 0. The van der Waals surface area contributed by atoms with Crippen LogP contribution >= 0.6 is 0 Å². The van der Waals surface area contributed by atoms with Crippen molar-refractivity contribution in [3.05, 3.63) is 0 Å². The maximum atomic E-state index is 10.4. The lowest BCUT2D eigenvalue weighted by atomic mass is 10.5. The number of aliphatic imine (C=N–C) groups is 1. The fourth-order valence-electron chi connectivity index (χ4n) is 0.327. The van der Waals surface area contributed by atoms with Crippen molar-refractivity contribution in [2.75, 3.05) is 6.61 Å². The van der Waals surface area contributed by atoms with Crippen LogP contribution in [0.5, 0.6) is 0 Å². The van der Waals surface area contributed by atoms with Crippen molar-refractivity contribution in [3.63, 3.8) is 0 Å². The maximum absolute atomic E-state index is 10.4. The van der Waals surface area contributed by atoms with Crippen LogP contribution in [0, 0.1) is 0 Å². The third-order valence-corrected chi connectivity index (χ3v) is 0.650. The van der Waals surface area contributed by atoms with Crippen LogP contribution in [-0.2, 0) is 4.74 Å². The quantitative estimate of drug-likeness (QED) is 0.416. The molecule has 58 valence electrons. The van der Waals surface area contributed by atoms with Crippen LogP contribution < -0.4 is 11.5 Å². The number of carbonyl (C=O) groups is 1. The van der Waals surface area contributed by atoms with E-state index in [2.05, 4.69) is 9.73 Å². The molecule has 0 aliphatic rings. The van der Waals surface area contributed by atoms with E-state index in [9.17, 15) is 4.79 Å². The summed E-state index contributed by atoms with van der Waals surface area (Å²) < 4.78 is 4.52. The smallest absolute Gasteiger partial charge is 0.436 e. The maximum Gasteiger partial charge on any atom is 0.436 e. The second-order valence-electron chi connectivity index (χ2n) is 1.65. The Hall–Kier alpha value is -1.26. The molecule has 0 aromatic carbocycles. The Balaban J connectivity index is 3.54. The van der Waals surface area contributed by atoms with Crippen LogP contribution in [0.25, 0.3) is 0 Å². The van der Waals surface area contributed by atoms with E-state index < -0.39 is 6.09 Å². The van der Waals surface area contributed by atoms with Crippen LogP contribution in [0.15, 0.2) is 4.99 Å². The summed E-state index contributed by atoms with van der Waals surface area (Å²) in [5, 5.41) is 0. The molecular formula is C5H11N3O2. The van der Waals surface area contributed by atoms with Crippen molar-refractivity contribution >= 4 is 12.1 Å². The van der Waals surface area contributed by atoms with E-state index in [1.807, 2.05) is 6.92 Å². The zero-order valence-electron chi connectivity index (χ0n) is 5.83. The summed E-state index contributed by atoms with van der Waals surface area (Å²) in [5.74, 6) is -0.277. The molecule has 0 heterocycles. The highest BCUT2D eigenvalue weighted by molar-refractivity contribution is 5.87. The zero-order valence-corrected chi connectivity index (χ0v) is 5.83. The van der Waals surface area contributed by atoms with Gasteiger partial charge in [-0.2, -0.15) is 0 Å². The minimum Gasteiger partial charge on any atom is -0.448 e. The number of hydrogen-bond donors (Lipinski definition) is 2. The lowest BCUT2D eigenvalue weighted by Gasteiger charge is -1.96. The minimum absolute atomic E-state index is 0.277. The van der Waals surface area contributed by atoms with E-state index in [-0.39, 0.29) is 5.96 Å². The van der Waals surface area contributed by atoms with E-state index in [1.165, 1.54) is 0 Å². The number of hydrogen-bond acceptors (Lipinski definition) is 2. The molecule has 1 amide bonds. The molecule has 0 atom stereocenters. The first-order valence-electron chi connectivity index (χ1n) is 2.93. The first-order chi connectivity index (χ1) is 4.66. The van der Waals surface area contributed by atoms with Crippen molar-refractivity contribution in [2.45, 2.75) is 13.3 Å². The number of carbonyl (C=O) groups excluding carboxylic acids is 1. The number of guanidine groups is 1. The van der Waals surface area contributed by atoms with Gasteiger partial charge in [0.1, 0.15) is 0 Å². The molecule has 0 aliphatic carbocycles. The molecule has 0 rings (SSSR count). The lowest BCUT2D eigenvalue weighted by molar-refractivity contribution is 0.157. The molecule has 0 bridgehead atoms. The van der Waals surface area contributed by atoms with Crippen LogP contribution in [0.4, 0.5) is 4.79 Å². The summed E-state index contributed by atoms with van der Waals surface area (Å²) in [6, 6.07) is 0. The van der Waals surface area contributed by atoms with Crippen LogP contribution in [0.2, 0.25) is 0 Å². The Bertz CT molecular complexity index is 140. The average Bonchev–Trinajstić information content (AvgIpc) is 1.82. The summed E-state index contributed by atoms with van der Waals surface area (Å²) in [6.45, 7) is 2.22. The fraction of sp³-hybridized carbons (Fsp3) is 0.600. The van der Waals surface area contributed by atoms with E-state index in [0.717, 1.165) is 6.42 Å². The van der Waals surface area contributed by atoms with Gasteiger partial charge >= 0.3 is 6.09 Å². The molecule has 0 spiro atoms. The predicted octanol–water partition coefficient (Wildman–Crippen LogP) is -0.194. The number of amides is 1. The number of ether oxygens (including phenoxy) is 1. The molecule has 0 radical (unpaired) electrons. The van der Waals surface area contributed by atoms with E-state index in [1.54, 1.807) is 0 Å². The molecular weight excluding hydrogens is 134 g/mol. The molecule has 0 aliphatic heterocycles. The Morgan fingerprint density at radius 3 is 2.60 bits per heavy atom. The topological polar surface area (TPSA) is 90.7 Å². The van der Waals surface area contributed by atoms with E-state index >= 15 is 0 Å². The first-order valence-corrected chi connectivity index (χ1v) is 2.93. The third kappa shape index (κ3) is 4.89. The van der Waals surface area contributed by atoms with Gasteiger partial charge in [0.15, 0.2) is 5.96 Å². The fourth-order valence-corrected chi connectivity index (χ4v) is 0.327. The van der Waals surface area contributed by atoms with Crippen molar-refractivity contribution in [3.8, 4) is 0 Å². The molecule has 0 fully saturated rings. The molecule has 0 unspecified atom stereocenters. The van der Waals surface area contributed by atoms with E-state index in [0.29, 0.717) is 6.61 Å². The molecule has 4 N–H and O–H groups in total. The summed E-state index contributed by atoms with van der Waals surface area (Å²) in [5.41, 5.74) is 9.78. The highest BCUT2D eigenvalue weighted by Crippen LogP contribution is 1.84. The molecule has 0 aromatic rings. The van der Waals surface area contributed by atoms with Gasteiger partial charge in [-0.1, -0.05) is 6.92 Å². The number of rotatable bonds is 2. The minimum atomic E-state index is -0.734. The molecule has 5 nitrogen and oxygen atoms in total. The SMILES string of the molecule is CCCOC(=O)N=C(N)N. The first kappa shape index (κ1) is 8.74. The molecule has 5 heteroatoms. The van der Waals surface area contributed by atoms with Gasteiger partial charge in [0.2, 0.25) is 0 Å². The molecule has 0 aromatic heterocycles. The molecule has 0 saturated carbocycles. The normalized spacial score (nSPS) is 8.50. The average molecular weight is 145 g/mol. The van der Waals surface area contributed by atoms with Crippen LogP contribution in [0.3, 0.4) is 0 Å². The second kappa shape index (κ2) is 4.60. The number of nitrogens with two attached hydrogens (primary N) is 2. The van der Waals surface area contributed by atoms with Gasteiger partial charge in [0.25, 0.3) is 0 Å². The van der Waals surface area contributed by atoms with Crippen molar-refractivity contribution in [1.82, 2.24) is 0 Å². The van der Waals surface area contributed by atoms with Gasteiger partial charge in [-0.05, 0) is 6.42 Å². The zero-order chi connectivity index (χ0) is 7.98. The highest BCUT2D eigenvalue weighted by atomic mass is 16.5. The van der Waals surface area contributed by atoms with Gasteiger partial charge in [-0.15, -0.1) is 4.99 Å². The van der Waals surface area contributed by atoms with Gasteiger partial charge in [-0.3, -0.25) is 0 Å². The summed E-state index contributed by atoms with van der Waals surface area (Å²) in [7, 11) is 0. The van der Waals surface area contributed by atoms with Crippen LogP contribution in [0.1, 0.15) is 13.3 Å². The Labute approximate surface area is 59.0 Å². The Morgan fingerprint density at radius 1 is 1.60 bits per heavy atom. The highest BCUT2D eigenvalue weighted by Gasteiger charge is 1.96. The molecule has 10 heavy (non-hydrogen) atoms. The van der Waals surface area contributed by atoms with Crippen molar-refractivity contribution < 1.29 is 9.53 Å². The Kier molecular flexibility index (Phi) is 4.02. The summed E-state index contributed by atoms with van der Waals surface area (Å²) in [6.07, 6.45) is 0.0213. The van der Waals surface area contributed by atoms with Crippen LogP contribution in [-0.4, -0.2) is 18.7 Å². The standard InChI is InChI=1S/C5H11N3O2/c1-2-3-10-5(9)8-4(6)7/h2-3H2,1H3,(H4,6,7,8,9). The lowest BCUT2D eigenvalue weighted by Crippen LogP contribution is -2.24. The van der Waals surface area contributed by atoms with Gasteiger partial charge in [0.05, 0.1) is 6.61 Å². The van der Waals surface area contributed by atoms with Gasteiger partial charge in [0, 0.05) is 0 Å². The Morgan fingerprint density at radius 2 is 2.20 bits per heavy atom. The third-order valence-electron chi connectivity index (χ3n) is 0.650. The van der Waals surface area contributed by atoms with Gasteiger partial charge < -0.3 is 16.2 Å². The largest absolute Gasteiger partial charge is 0.448 e. The summed E-state index contributed by atoms with van der Waals surface area (Å²) in [4.78, 5) is 13.6. The number of nitrogens with zero attached hydrogens (tertiary/aromatic N) is 1. The molecule has 0 saturated heterocycles. The second-order valence-corrected chi connectivity index (χ2v) is 1.65. The predicted molar refractivity (Wildman–Crippen MR) is 37.4 cm³/mol. The van der Waals surface area contributed by atoms with Crippen molar-refractivity contribution in [2.24, 2.45) is 16.5 Å². The van der Waals surface area contributed by atoms with E-state index in [4.69, 9.17) is 11.5 Å². The monoisotopic (exact) mass is 145 g/mol.